The minimum atomic E-state index is 0.842. The SMILES string of the molecule is Cc1c2ccccc2c(N(c2ccccc2)c2ccccc2)c2cc(CCS)ccc12.Cc1ccccc1.Cc1ccccc1. The Balaban J connectivity index is 0.000000234. The Morgan fingerprint density at radius 2 is 0.867 bits per heavy atom. The second kappa shape index (κ2) is 15.8. The summed E-state index contributed by atoms with van der Waals surface area (Å²) in [6.45, 7) is 6.40. The number of thiol groups is 1. The predicted octanol–water partition coefficient (Wildman–Crippen LogP) is 12.2. The van der Waals surface area contributed by atoms with E-state index in [0.29, 0.717) is 0 Å². The van der Waals surface area contributed by atoms with E-state index in [0.717, 1.165) is 23.5 Å². The van der Waals surface area contributed by atoms with Crippen molar-refractivity contribution < 1.29 is 0 Å². The molecule has 0 fully saturated rings. The number of para-hydroxylation sites is 2. The van der Waals surface area contributed by atoms with Gasteiger partial charge in [-0.1, -0.05) is 145 Å². The first kappa shape index (κ1) is 31.6. The van der Waals surface area contributed by atoms with Gasteiger partial charge < -0.3 is 4.90 Å². The van der Waals surface area contributed by atoms with Crippen molar-refractivity contribution >= 4 is 51.2 Å². The maximum absolute atomic E-state index is 4.48. The van der Waals surface area contributed by atoms with Crippen LogP contribution in [0.25, 0.3) is 21.5 Å². The highest BCUT2D eigenvalue weighted by Gasteiger charge is 2.20. The Labute approximate surface area is 274 Å². The van der Waals surface area contributed by atoms with Crippen molar-refractivity contribution in [1.29, 1.82) is 0 Å². The van der Waals surface area contributed by atoms with Crippen LogP contribution in [0.2, 0.25) is 0 Å². The third kappa shape index (κ3) is 8.03. The molecule has 0 aliphatic carbocycles. The topological polar surface area (TPSA) is 3.24 Å². The molecule has 7 aromatic carbocycles. The molecule has 0 saturated carbocycles. The molecular weight excluding hydrogens is 563 g/mol. The number of fused-ring (bicyclic) bond motifs is 2. The van der Waals surface area contributed by atoms with Crippen LogP contribution in [0, 0.1) is 20.8 Å². The van der Waals surface area contributed by atoms with Gasteiger partial charge in [-0.3, -0.25) is 0 Å². The minimum Gasteiger partial charge on any atom is -0.309 e. The number of aryl methyl sites for hydroxylation is 4. The lowest BCUT2D eigenvalue weighted by atomic mass is 9.93. The van der Waals surface area contributed by atoms with Crippen molar-refractivity contribution in [2.45, 2.75) is 27.2 Å². The first-order valence-electron chi connectivity index (χ1n) is 15.5. The molecule has 7 aromatic rings. The van der Waals surface area contributed by atoms with Crippen LogP contribution in [0.15, 0.2) is 164 Å². The predicted molar refractivity (Wildman–Crippen MR) is 201 cm³/mol. The molecule has 0 aliphatic rings. The van der Waals surface area contributed by atoms with Gasteiger partial charge in [0, 0.05) is 22.1 Å². The van der Waals surface area contributed by atoms with Crippen molar-refractivity contribution in [3.63, 3.8) is 0 Å². The summed E-state index contributed by atoms with van der Waals surface area (Å²) < 4.78 is 0. The molecule has 7 rings (SSSR count). The molecule has 0 bridgehead atoms. The third-order valence-electron chi connectivity index (χ3n) is 7.86. The summed E-state index contributed by atoms with van der Waals surface area (Å²) in [5.74, 6) is 0.842. The van der Waals surface area contributed by atoms with Crippen LogP contribution in [0.1, 0.15) is 22.3 Å². The lowest BCUT2D eigenvalue weighted by Crippen LogP contribution is -2.11. The van der Waals surface area contributed by atoms with Crippen LogP contribution >= 0.6 is 12.6 Å². The van der Waals surface area contributed by atoms with Crippen LogP contribution in [0.5, 0.6) is 0 Å². The fourth-order valence-corrected chi connectivity index (χ4v) is 5.83. The average Bonchev–Trinajstić information content (AvgIpc) is 3.09. The van der Waals surface area contributed by atoms with Crippen LogP contribution in [-0.4, -0.2) is 5.75 Å². The number of rotatable bonds is 5. The summed E-state index contributed by atoms with van der Waals surface area (Å²) >= 11 is 4.48. The molecule has 0 unspecified atom stereocenters. The van der Waals surface area contributed by atoms with E-state index in [4.69, 9.17) is 0 Å². The van der Waals surface area contributed by atoms with Crippen molar-refractivity contribution in [3.8, 4) is 0 Å². The molecule has 224 valence electrons. The highest BCUT2D eigenvalue weighted by molar-refractivity contribution is 7.80. The Hall–Kier alpha value is -4.79. The second-order valence-corrected chi connectivity index (χ2v) is 11.6. The molecule has 0 spiro atoms. The summed E-state index contributed by atoms with van der Waals surface area (Å²) in [4.78, 5) is 2.40. The van der Waals surface area contributed by atoms with E-state index >= 15 is 0 Å². The Bertz CT molecular complexity index is 1840. The number of nitrogens with zero attached hydrogens (tertiary/aromatic N) is 1. The molecule has 0 aromatic heterocycles. The van der Waals surface area contributed by atoms with Gasteiger partial charge in [-0.15, -0.1) is 0 Å². The third-order valence-corrected chi connectivity index (χ3v) is 8.09. The molecule has 0 heterocycles. The average molecular weight is 604 g/mol. The van der Waals surface area contributed by atoms with E-state index in [2.05, 4.69) is 166 Å². The van der Waals surface area contributed by atoms with E-state index < -0.39 is 0 Å². The van der Waals surface area contributed by atoms with Crippen LogP contribution in [-0.2, 0) is 6.42 Å². The number of anilines is 3. The monoisotopic (exact) mass is 603 g/mol. The van der Waals surface area contributed by atoms with Crippen molar-refractivity contribution in [1.82, 2.24) is 0 Å². The zero-order chi connectivity index (χ0) is 31.4. The maximum atomic E-state index is 4.48. The molecule has 0 radical (unpaired) electrons. The fourth-order valence-electron chi connectivity index (χ4n) is 5.58. The van der Waals surface area contributed by atoms with Crippen LogP contribution < -0.4 is 4.90 Å². The van der Waals surface area contributed by atoms with E-state index in [1.807, 2.05) is 36.4 Å². The molecule has 0 atom stereocenters. The first-order chi connectivity index (χ1) is 22.1. The standard InChI is InChI=1S/C29H25NS.2C7H8/c1-21-25-14-8-9-15-27(25)29(28-20-22(18-19-31)16-17-26(21)28)30(23-10-4-2-5-11-23)24-12-6-3-7-13-24;2*1-7-5-3-2-4-6-7/h2-17,20,31H,18-19H2,1H3;2*2-6H,1H3. The van der Waals surface area contributed by atoms with Crippen molar-refractivity contribution in [2.24, 2.45) is 0 Å². The Kier molecular flexibility index (Phi) is 11.1. The molecule has 0 N–H and O–H groups in total. The highest BCUT2D eigenvalue weighted by Crippen LogP contribution is 2.45. The van der Waals surface area contributed by atoms with Gasteiger partial charge in [-0.05, 0) is 85.2 Å². The van der Waals surface area contributed by atoms with Crippen molar-refractivity contribution in [3.05, 3.63) is 186 Å². The summed E-state index contributed by atoms with van der Waals surface area (Å²) in [7, 11) is 0. The van der Waals surface area contributed by atoms with E-state index in [-0.39, 0.29) is 0 Å². The molecular formula is C43H41NS. The molecule has 0 saturated heterocycles. The maximum Gasteiger partial charge on any atom is 0.0618 e. The second-order valence-electron chi connectivity index (χ2n) is 11.2. The van der Waals surface area contributed by atoms with Crippen molar-refractivity contribution in [2.75, 3.05) is 10.7 Å². The number of hydrogen-bond donors (Lipinski definition) is 1. The summed E-state index contributed by atoms with van der Waals surface area (Å²) in [6, 6.07) is 57.5. The van der Waals surface area contributed by atoms with Gasteiger partial charge in [-0.25, -0.2) is 0 Å². The molecule has 1 nitrogen and oxygen atoms in total. The minimum absolute atomic E-state index is 0.842. The first-order valence-corrected chi connectivity index (χ1v) is 16.2. The van der Waals surface area contributed by atoms with Crippen LogP contribution in [0.3, 0.4) is 0 Å². The zero-order valence-corrected chi connectivity index (χ0v) is 27.3. The smallest absolute Gasteiger partial charge is 0.0618 e. The van der Waals surface area contributed by atoms with Gasteiger partial charge in [0.15, 0.2) is 0 Å². The lowest BCUT2D eigenvalue weighted by molar-refractivity contribution is 1.17. The Morgan fingerprint density at radius 3 is 1.31 bits per heavy atom. The van der Waals surface area contributed by atoms with Gasteiger partial charge in [0.25, 0.3) is 0 Å². The molecule has 45 heavy (non-hydrogen) atoms. The lowest BCUT2D eigenvalue weighted by Gasteiger charge is -2.29. The van der Waals surface area contributed by atoms with E-state index in [9.17, 15) is 0 Å². The van der Waals surface area contributed by atoms with Crippen LogP contribution in [0.4, 0.5) is 17.1 Å². The van der Waals surface area contributed by atoms with Gasteiger partial charge in [0.2, 0.25) is 0 Å². The van der Waals surface area contributed by atoms with Gasteiger partial charge >= 0.3 is 0 Å². The Morgan fingerprint density at radius 1 is 0.444 bits per heavy atom. The summed E-state index contributed by atoms with van der Waals surface area (Å²) in [5, 5.41) is 5.14. The molecule has 0 amide bonds. The van der Waals surface area contributed by atoms with Gasteiger partial charge in [0.05, 0.1) is 5.69 Å². The van der Waals surface area contributed by atoms with Gasteiger partial charge in [0.1, 0.15) is 0 Å². The molecule has 0 aliphatic heterocycles. The largest absolute Gasteiger partial charge is 0.309 e. The van der Waals surface area contributed by atoms with Gasteiger partial charge in [-0.2, -0.15) is 12.6 Å². The quantitative estimate of drug-likeness (QED) is 0.151. The summed E-state index contributed by atoms with van der Waals surface area (Å²) in [6.07, 6.45) is 0.959. The van der Waals surface area contributed by atoms with E-state index in [1.54, 1.807) is 0 Å². The fraction of sp³-hybridized carbons (Fsp3) is 0.116. The normalized spacial score (nSPS) is 10.4. The molecule has 2 heteroatoms. The zero-order valence-electron chi connectivity index (χ0n) is 26.4. The summed E-state index contributed by atoms with van der Waals surface area (Å²) in [5.41, 5.74) is 8.83. The number of hydrogen-bond acceptors (Lipinski definition) is 2. The number of benzene rings is 7. The van der Waals surface area contributed by atoms with E-state index in [1.165, 1.54) is 49.5 Å². The highest BCUT2D eigenvalue weighted by atomic mass is 32.1.